The van der Waals surface area contributed by atoms with Crippen molar-refractivity contribution in [3.05, 3.63) is 51.4 Å². The van der Waals surface area contributed by atoms with Gasteiger partial charge in [0.25, 0.3) is 5.56 Å². The number of benzene rings is 1. The van der Waals surface area contributed by atoms with Crippen LogP contribution in [0.25, 0.3) is 11.0 Å². The number of hydrogen-bond acceptors (Lipinski definition) is 6. The van der Waals surface area contributed by atoms with Crippen LogP contribution < -0.4 is 20.9 Å². The zero-order valence-electron chi connectivity index (χ0n) is 17.2. The monoisotopic (exact) mass is 439 g/mol. The topological polar surface area (TPSA) is 102 Å². The van der Waals surface area contributed by atoms with E-state index in [4.69, 9.17) is 16.3 Å². The summed E-state index contributed by atoms with van der Waals surface area (Å²) in [5.74, 6) is 1.79. The van der Waals surface area contributed by atoms with Crippen molar-refractivity contribution >= 4 is 45.6 Å². The average Bonchev–Trinajstić information content (AvgIpc) is 3.28. The SMILES string of the molecule is COc1c(Cl)cccc1Nc1cc(Nc2cc3n(n2)CCCC3)nc2[nH]n(C)c(=O)c12. The third-order valence-corrected chi connectivity index (χ3v) is 5.72. The molecule has 10 heteroatoms. The molecule has 0 amide bonds. The van der Waals surface area contributed by atoms with Gasteiger partial charge in [-0.1, -0.05) is 17.7 Å². The number of H-pyrrole nitrogens is 1. The summed E-state index contributed by atoms with van der Waals surface area (Å²) in [4.78, 5) is 17.3. The minimum absolute atomic E-state index is 0.185. The Balaban J connectivity index is 1.58. The maximum atomic E-state index is 12.7. The van der Waals surface area contributed by atoms with Crippen LogP contribution in [-0.4, -0.2) is 31.7 Å². The van der Waals surface area contributed by atoms with Crippen LogP contribution in [0.3, 0.4) is 0 Å². The summed E-state index contributed by atoms with van der Waals surface area (Å²) >= 11 is 6.27. The molecule has 1 aliphatic heterocycles. The van der Waals surface area contributed by atoms with E-state index in [-0.39, 0.29) is 5.56 Å². The summed E-state index contributed by atoms with van der Waals surface area (Å²) in [5, 5.41) is 15.1. The smallest absolute Gasteiger partial charge is 0.277 e. The molecule has 0 unspecified atom stereocenters. The molecule has 0 saturated heterocycles. The Morgan fingerprint density at radius 2 is 2.03 bits per heavy atom. The highest BCUT2D eigenvalue weighted by Gasteiger charge is 2.17. The predicted octanol–water partition coefficient (Wildman–Crippen LogP) is 3.94. The number of methoxy groups -OCH3 is 1. The minimum Gasteiger partial charge on any atom is -0.493 e. The number of aryl methyl sites for hydroxylation is 3. The molecule has 4 heterocycles. The molecule has 1 aromatic carbocycles. The second-order valence-corrected chi connectivity index (χ2v) is 7.93. The zero-order chi connectivity index (χ0) is 21.5. The average molecular weight is 440 g/mol. The first-order chi connectivity index (χ1) is 15.0. The van der Waals surface area contributed by atoms with Crippen molar-refractivity contribution in [3.63, 3.8) is 0 Å². The van der Waals surface area contributed by atoms with Crippen molar-refractivity contribution in [2.75, 3.05) is 17.7 Å². The number of anilines is 4. The zero-order valence-corrected chi connectivity index (χ0v) is 18.0. The Labute approximate surface area is 183 Å². The van der Waals surface area contributed by atoms with Crippen molar-refractivity contribution < 1.29 is 4.74 Å². The van der Waals surface area contributed by atoms with E-state index in [9.17, 15) is 4.79 Å². The summed E-state index contributed by atoms with van der Waals surface area (Å²) in [6.45, 7) is 0.927. The van der Waals surface area contributed by atoms with Crippen LogP contribution in [-0.2, 0) is 20.0 Å². The van der Waals surface area contributed by atoms with Gasteiger partial charge in [-0.3, -0.25) is 19.3 Å². The van der Waals surface area contributed by atoms with E-state index in [1.165, 1.54) is 16.8 Å². The lowest BCUT2D eigenvalue weighted by Crippen LogP contribution is -2.12. The van der Waals surface area contributed by atoms with Crippen molar-refractivity contribution in [2.45, 2.75) is 25.8 Å². The van der Waals surface area contributed by atoms with Gasteiger partial charge in [0.1, 0.15) is 11.2 Å². The van der Waals surface area contributed by atoms with Crippen LogP contribution >= 0.6 is 11.6 Å². The highest BCUT2D eigenvalue weighted by Crippen LogP contribution is 2.36. The standard InChI is InChI=1S/C21H22ClN7O2/c1-28-21(30)18-15(23-14-8-5-7-13(22)19(14)31-2)11-16(25-20(18)27-28)24-17-10-12-6-3-4-9-29(12)26-17/h5,7-8,10-11H,3-4,6,9H2,1-2H3,(H3,23,24,25,26,27). The number of fused-ring (bicyclic) bond motifs is 2. The molecule has 5 rings (SSSR count). The molecule has 4 aromatic rings. The number of aromatic amines is 1. The molecule has 1 aliphatic rings. The Morgan fingerprint density at radius 1 is 1.16 bits per heavy atom. The van der Waals surface area contributed by atoms with Gasteiger partial charge in [0, 0.05) is 31.4 Å². The van der Waals surface area contributed by atoms with Gasteiger partial charge >= 0.3 is 0 Å². The molecule has 0 atom stereocenters. The number of nitrogens with zero attached hydrogens (tertiary/aromatic N) is 4. The second-order valence-electron chi connectivity index (χ2n) is 7.53. The first kappa shape index (κ1) is 19.5. The highest BCUT2D eigenvalue weighted by molar-refractivity contribution is 6.32. The van der Waals surface area contributed by atoms with Crippen LogP contribution in [0, 0.1) is 0 Å². The van der Waals surface area contributed by atoms with Crippen LogP contribution in [0.15, 0.2) is 35.1 Å². The highest BCUT2D eigenvalue weighted by atomic mass is 35.5. The normalized spacial score (nSPS) is 13.3. The number of para-hydroxylation sites is 1. The van der Waals surface area contributed by atoms with E-state index >= 15 is 0 Å². The molecule has 0 spiro atoms. The number of pyridine rings is 1. The molecule has 3 N–H and O–H groups in total. The van der Waals surface area contributed by atoms with E-state index in [1.807, 2.05) is 22.9 Å². The molecule has 3 aromatic heterocycles. The lowest BCUT2D eigenvalue weighted by Gasteiger charge is -2.13. The van der Waals surface area contributed by atoms with Crippen molar-refractivity contribution in [1.29, 1.82) is 0 Å². The van der Waals surface area contributed by atoms with Gasteiger partial charge in [-0.15, -0.1) is 0 Å². The molecule has 0 radical (unpaired) electrons. The summed E-state index contributed by atoms with van der Waals surface area (Å²) in [6.07, 6.45) is 3.34. The molecule has 0 aliphatic carbocycles. The summed E-state index contributed by atoms with van der Waals surface area (Å²) in [5.41, 5.74) is 2.72. The van der Waals surface area contributed by atoms with Crippen LogP contribution in [0.4, 0.5) is 23.0 Å². The maximum absolute atomic E-state index is 12.7. The number of nitrogens with one attached hydrogen (secondary N) is 3. The summed E-state index contributed by atoms with van der Waals surface area (Å²) < 4.78 is 8.87. The molecular formula is C21H22ClN7O2. The Bertz CT molecular complexity index is 1310. The second kappa shape index (κ2) is 7.66. The quantitative estimate of drug-likeness (QED) is 0.435. The van der Waals surface area contributed by atoms with Gasteiger partial charge in [0.2, 0.25) is 0 Å². The van der Waals surface area contributed by atoms with E-state index in [1.54, 1.807) is 26.3 Å². The molecule has 160 valence electrons. The molecule has 0 bridgehead atoms. The first-order valence-corrected chi connectivity index (χ1v) is 10.4. The maximum Gasteiger partial charge on any atom is 0.277 e. The number of ether oxygens (including phenoxy) is 1. The van der Waals surface area contributed by atoms with Crippen molar-refractivity contribution in [2.24, 2.45) is 7.05 Å². The Kier molecular flexibility index (Phi) is 4.82. The lowest BCUT2D eigenvalue weighted by atomic mass is 10.1. The minimum atomic E-state index is -0.185. The molecule has 31 heavy (non-hydrogen) atoms. The molecule has 0 saturated carbocycles. The van der Waals surface area contributed by atoms with E-state index in [0.29, 0.717) is 39.0 Å². The van der Waals surface area contributed by atoms with Gasteiger partial charge in [-0.05, 0) is 31.4 Å². The first-order valence-electron chi connectivity index (χ1n) is 10.1. The van der Waals surface area contributed by atoms with E-state index in [2.05, 4.69) is 25.8 Å². The summed E-state index contributed by atoms with van der Waals surface area (Å²) in [6, 6.07) is 9.24. The van der Waals surface area contributed by atoms with E-state index < -0.39 is 0 Å². The molecule has 9 nitrogen and oxygen atoms in total. The fourth-order valence-corrected chi connectivity index (χ4v) is 4.20. The van der Waals surface area contributed by atoms with Gasteiger partial charge in [-0.25, -0.2) is 4.98 Å². The lowest BCUT2D eigenvalue weighted by molar-refractivity contribution is 0.417. The summed E-state index contributed by atoms with van der Waals surface area (Å²) in [7, 11) is 3.21. The van der Waals surface area contributed by atoms with Gasteiger partial charge < -0.3 is 15.4 Å². The third kappa shape index (κ3) is 3.50. The third-order valence-electron chi connectivity index (χ3n) is 5.42. The van der Waals surface area contributed by atoms with Gasteiger partial charge in [0.05, 0.1) is 23.5 Å². The van der Waals surface area contributed by atoms with E-state index in [0.717, 1.165) is 25.2 Å². The van der Waals surface area contributed by atoms with Gasteiger partial charge in [0.15, 0.2) is 17.2 Å². The fraction of sp³-hybridized carbons (Fsp3) is 0.286. The number of rotatable bonds is 5. The van der Waals surface area contributed by atoms with Crippen LogP contribution in [0.1, 0.15) is 18.5 Å². The van der Waals surface area contributed by atoms with Crippen LogP contribution in [0.5, 0.6) is 5.75 Å². The largest absolute Gasteiger partial charge is 0.493 e. The number of halogens is 1. The van der Waals surface area contributed by atoms with Crippen molar-refractivity contribution in [3.8, 4) is 5.75 Å². The van der Waals surface area contributed by atoms with Crippen molar-refractivity contribution in [1.82, 2.24) is 24.5 Å². The Hall–Kier alpha value is -3.46. The number of hydrogen-bond donors (Lipinski definition) is 3. The molecular weight excluding hydrogens is 418 g/mol. The fourth-order valence-electron chi connectivity index (χ4n) is 3.95. The van der Waals surface area contributed by atoms with Crippen LogP contribution in [0.2, 0.25) is 5.02 Å². The van der Waals surface area contributed by atoms with Gasteiger partial charge in [-0.2, -0.15) is 5.10 Å². The number of aromatic nitrogens is 5. The molecule has 0 fully saturated rings. The Morgan fingerprint density at radius 3 is 2.84 bits per heavy atom. The predicted molar refractivity (Wildman–Crippen MR) is 121 cm³/mol.